The average molecular weight is 215 g/mol. The lowest BCUT2D eigenvalue weighted by molar-refractivity contribution is -0.194. The molecular formula is C11H21NO3. The van der Waals surface area contributed by atoms with Gasteiger partial charge in [-0.2, -0.15) is 0 Å². The first-order valence-electron chi connectivity index (χ1n) is 5.95. The van der Waals surface area contributed by atoms with Crippen molar-refractivity contribution in [1.82, 2.24) is 5.32 Å². The first kappa shape index (κ1) is 11.3. The number of aliphatic hydroxyl groups excluding tert-OH is 1. The largest absolute Gasteiger partial charge is 0.391 e. The summed E-state index contributed by atoms with van der Waals surface area (Å²) in [5.74, 6) is -0.398. The predicted octanol–water partition coefficient (Wildman–Crippen LogP) is 0.642. The topological polar surface area (TPSA) is 50.7 Å². The molecule has 2 unspecified atom stereocenters. The summed E-state index contributed by atoms with van der Waals surface area (Å²) in [6, 6.07) is 0.122. The number of hydrogen-bond acceptors (Lipinski definition) is 4. The van der Waals surface area contributed by atoms with Crippen LogP contribution >= 0.6 is 0 Å². The highest BCUT2D eigenvalue weighted by atomic mass is 16.7. The molecule has 0 radical (unpaired) electrons. The van der Waals surface area contributed by atoms with Crippen molar-refractivity contribution < 1.29 is 14.6 Å². The van der Waals surface area contributed by atoms with E-state index in [2.05, 4.69) is 12.2 Å². The Labute approximate surface area is 90.9 Å². The zero-order chi connectivity index (χ0) is 10.7. The number of rotatable bonds is 3. The predicted molar refractivity (Wildman–Crippen MR) is 56.6 cm³/mol. The molecule has 2 N–H and O–H groups in total. The molecule has 1 aliphatic carbocycles. The molecular weight excluding hydrogens is 194 g/mol. The first-order valence-corrected chi connectivity index (χ1v) is 5.95. The van der Waals surface area contributed by atoms with Crippen LogP contribution < -0.4 is 5.32 Å². The Morgan fingerprint density at radius 1 is 1.40 bits per heavy atom. The second-order valence-corrected chi connectivity index (χ2v) is 4.48. The second kappa shape index (κ2) is 4.78. The van der Waals surface area contributed by atoms with E-state index in [0.29, 0.717) is 13.2 Å². The van der Waals surface area contributed by atoms with Crippen molar-refractivity contribution in [2.75, 3.05) is 19.8 Å². The highest BCUT2D eigenvalue weighted by Gasteiger charge is 2.44. The highest BCUT2D eigenvalue weighted by Crippen LogP contribution is 2.35. The van der Waals surface area contributed by atoms with E-state index in [1.54, 1.807) is 0 Å². The van der Waals surface area contributed by atoms with E-state index >= 15 is 0 Å². The van der Waals surface area contributed by atoms with E-state index in [0.717, 1.165) is 32.2 Å². The van der Waals surface area contributed by atoms with Crippen LogP contribution in [0.2, 0.25) is 0 Å². The molecule has 0 aromatic rings. The van der Waals surface area contributed by atoms with Gasteiger partial charge in [-0.15, -0.1) is 0 Å². The van der Waals surface area contributed by atoms with Gasteiger partial charge >= 0.3 is 0 Å². The van der Waals surface area contributed by atoms with E-state index in [4.69, 9.17) is 9.47 Å². The summed E-state index contributed by atoms with van der Waals surface area (Å²) >= 11 is 0. The maximum atomic E-state index is 9.87. The molecule has 0 amide bonds. The van der Waals surface area contributed by atoms with Gasteiger partial charge in [0.15, 0.2) is 5.79 Å². The fraction of sp³-hybridized carbons (Fsp3) is 1.00. The minimum atomic E-state index is -0.398. The zero-order valence-electron chi connectivity index (χ0n) is 9.37. The summed E-state index contributed by atoms with van der Waals surface area (Å²) in [6.45, 7) is 4.45. The Bertz CT molecular complexity index is 204. The van der Waals surface area contributed by atoms with Crippen molar-refractivity contribution in [2.45, 2.75) is 50.5 Å². The Morgan fingerprint density at radius 3 is 2.80 bits per heavy atom. The van der Waals surface area contributed by atoms with Gasteiger partial charge in [0.05, 0.1) is 19.3 Å². The molecule has 2 aliphatic rings. The Morgan fingerprint density at radius 2 is 2.13 bits per heavy atom. The fourth-order valence-electron chi connectivity index (χ4n) is 2.44. The molecule has 1 spiro atoms. The van der Waals surface area contributed by atoms with Gasteiger partial charge in [0.2, 0.25) is 0 Å². The first-order chi connectivity index (χ1) is 7.26. The molecule has 1 aliphatic heterocycles. The lowest BCUT2D eigenvalue weighted by Gasteiger charge is -2.39. The number of hydrogen-bond donors (Lipinski definition) is 2. The van der Waals surface area contributed by atoms with Gasteiger partial charge < -0.3 is 19.9 Å². The quantitative estimate of drug-likeness (QED) is 0.725. The highest BCUT2D eigenvalue weighted by molar-refractivity contribution is 4.91. The van der Waals surface area contributed by atoms with E-state index in [9.17, 15) is 5.11 Å². The van der Waals surface area contributed by atoms with Crippen LogP contribution in [0.5, 0.6) is 0 Å². The SMILES string of the molecule is CCCNC1CC2(CCC1O)OCCO2. The van der Waals surface area contributed by atoms with Crippen LogP contribution in [-0.2, 0) is 9.47 Å². The van der Waals surface area contributed by atoms with E-state index in [-0.39, 0.29) is 12.1 Å². The number of ether oxygens (including phenoxy) is 2. The third kappa shape index (κ3) is 2.50. The maximum Gasteiger partial charge on any atom is 0.170 e. The average Bonchev–Trinajstić information content (AvgIpc) is 2.69. The number of aliphatic hydroxyl groups is 1. The van der Waals surface area contributed by atoms with E-state index in [1.807, 2.05) is 0 Å². The van der Waals surface area contributed by atoms with Crippen LogP contribution in [-0.4, -0.2) is 42.8 Å². The molecule has 0 bridgehead atoms. The summed E-state index contributed by atoms with van der Waals surface area (Å²) in [5, 5.41) is 13.2. The summed E-state index contributed by atoms with van der Waals surface area (Å²) in [7, 11) is 0. The van der Waals surface area contributed by atoms with Crippen molar-refractivity contribution in [1.29, 1.82) is 0 Å². The monoisotopic (exact) mass is 215 g/mol. The molecule has 0 aromatic carbocycles. The molecule has 4 heteroatoms. The second-order valence-electron chi connectivity index (χ2n) is 4.48. The summed E-state index contributed by atoms with van der Waals surface area (Å²) in [6.07, 6.45) is 3.18. The normalized spacial score (nSPS) is 34.8. The van der Waals surface area contributed by atoms with E-state index < -0.39 is 5.79 Å². The van der Waals surface area contributed by atoms with Crippen molar-refractivity contribution in [3.05, 3.63) is 0 Å². The lowest BCUT2D eigenvalue weighted by Crippen LogP contribution is -2.51. The molecule has 2 atom stereocenters. The summed E-state index contributed by atoms with van der Waals surface area (Å²) < 4.78 is 11.3. The molecule has 88 valence electrons. The maximum absolute atomic E-state index is 9.87. The Balaban J connectivity index is 1.91. The number of nitrogens with one attached hydrogen (secondary N) is 1. The Kier molecular flexibility index (Phi) is 3.61. The van der Waals surface area contributed by atoms with Crippen molar-refractivity contribution >= 4 is 0 Å². The van der Waals surface area contributed by atoms with Gasteiger partial charge in [0, 0.05) is 18.9 Å². The van der Waals surface area contributed by atoms with Crippen molar-refractivity contribution in [3.63, 3.8) is 0 Å². The van der Waals surface area contributed by atoms with Gasteiger partial charge in [-0.25, -0.2) is 0 Å². The van der Waals surface area contributed by atoms with Gasteiger partial charge in [0.1, 0.15) is 0 Å². The fourth-order valence-corrected chi connectivity index (χ4v) is 2.44. The van der Waals surface area contributed by atoms with Crippen LogP contribution in [0.15, 0.2) is 0 Å². The zero-order valence-corrected chi connectivity index (χ0v) is 9.37. The summed E-state index contributed by atoms with van der Waals surface area (Å²) in [4.78, 5) is 0. The molecule has 0 aromatic heterocycles. The smallest absolute Gasteiger partial charge is 0.170 e. The third-order valence-electron chi connectivity index (χ3n) is 3.29. The molecule has 1 heterocycles. The molecule has 2 rings (SSSR count). The van der Waals surface area contributed by atoms with E-state index in [1.165, 1.54) is 0 Å². The molecule has 1 saturated carbocycles. The molecule has 4 nitrogen and oxygen atoms in total. The van der Waals surface area contributed by atoms with Gasteiger partial charge in [-0.1, -0.05) is 6.92 Å². The summed E-state index contributed by atoms with van der Waals surface area (Å²) in [5.41, 5.74) is 0. The van der Waals surface area contributed by atoms with Crippen molar-refractivity contribution in [3.8, 4) is 0 Å². The molecule has 15 heavy (non-hydrogen) atoms. The Hall–Kier alpha value is -0.160. The van der Waals surface area contributed by atoms with Gasteiger partial charge in [0.25, 0.3) is 0 Å². The van der Waals surface area contributed by atoms with Crippen LogP contribution in [0.3, 0.4) is 0 Å². The lowest BCUT2D eigenvalue weighted by atomic mass is 9.87. The standard InChI is InChI=1S/C11H21NO3/c1-2-5-12-9-8-11(4-3-10(9)13)14-6-7-15-11/h9-10,12-13H,2-8H2,1H3. The molecule has 1 saturated heterocycles. The minimum absolute atomic E-state index is 0.122. The van der Waals surface area contributed by atoms with Crippen molar-refractivity contribution in [2.24, 2.45) is 0 Å². The van der Waals surface area contributed by atoms with Crippen LogP contribution in [0.25, 0.3) is 0 Å². The van der Waals surface area contributed by atoms with Crippen LogP contribution in [0, 0.1) is 0 Å². The minimum Gasteiger partial charge on any atom is -0.391 e. The van der Waals surface area contributed by atoms with Crippen LogP contribution in [0.1, 0.15) is 32.6 Å². The van der Waals surface area contributed by atoms with Gasteiger partial charge in [-0.05, 0) is 19.4 Å². The van der Waals surface area contributed by atoms with Gasteiger partial charge in [-0.3, -0.25) is 0 Å². The van der Waals surface area contributed by atoms with Crippen LogP contribution in [0.4, 0.5) is 0 Å². The molecule has 2 fully saturated rings. The third-order valence-corrected chi connectivity index (χ3v) is 3.29.